The molecule has 0 saturated heterocycles. The summed E-state index contributed by atoms with van der Waals surface area (Å²) in [5.41, 5.74) is 13.8. The highest BCUT2D eigenvalue weighted by atomic mass is 16.5. The van der Waals surface area contributed by atoms with Gasteiger partial charge in [-0.1, -0.05) is 13.8 Å². The van der Waals surface area contributed by atoms with Crippen molar-refractivity contribution >= 4 is 56.2 Å². The fourth-order valence-electron chi connectivity index (χ4n) is 6.57. The summed E-state index contributed by atoms with van der Waals surface area (Å²) in [6.45, 7) is 12.3. The first-order chi connectivity index (χ1) is 21.5. The summed E-state index contributed by atoms with van der Waals surface area (Å²) in [7, 11) is 2.76. The Kier molecular flexibility index (Phi) is 9.00. The van der Waals surface area contributed by atoms with Gasteiger partial charge in [-0.15, -0.1) is 0 Å². The molecule has 4 aromatic heterocycles. The highest BCUT2D eigenvalue weighted by Crippen LogP contribution is 2.34. The molecule has 236 valence electrons. The van der Waals surface area contributed by atoms with Gasteiger partial charge in [0.25, 0.3) is 0 Å². The number of ether oxygens (including phenoxy) is 2. The largest absolute Gasteiger partial charge is 0.469 e. The Morgan fingerprint density at radius 1 is 0.689 bits per heavy atom. The normalized spacial score (nSPS) is 12.3. The molecule has 4 aromatic rings. The molecule has 9 heteroatoms. The van der Waals surface area contributed by atoms with E-state index in [2.05, 4.69) is 47.9 Å². The molecule has 0 saturated carbocycles. The molecule has 5 rings (SSSR count). The molecule has 0 spiro atoms. The summed E-state index contributed by atoms with van der Waals surface area (Å²) < 4.78 is 9.87. The van der Waals surface area contributed by atoms with Crippen LogP contribution in [0.15, 0.2) is 23.0 Å². The quantitative estimate of drug-likeness (QED) is 0.186. The lowest BCUT2D eigenvalue weighted by molar-refractivity contribution is -0.141. The van der Waals surface area contributed by atoms with Crippen molar-refractivity contribution in [2.45, 2.75) is 80.1 Å². The fourth-order valence-corrected chi connectivity index (χ4v) is 6.57. The Morgan fingerprint density at radius 3 is 1.80 bits per heavy atom. The van der Waals surface area contributed by atoms with Crippen molar-refractivity contribution in [2.24, 2.45) is 0 Å². The zero-order valence-electron chi connectivity index (χ0n) is 27.5. The third-order valence-corrected chi connectivity index (χ3v) is 9.29. The number of rotatable bonds is 8. The number of carbonyl (C=O) groups excluding carboxylic acids is 2. The zero-order chi connectivity index (χ0) is 32.6. The average Bonchev–Trinajstić information content (AvgIpc) is 3.71. The van der Waals surface area contributed by atoms with Gasteiger partial charge in [0.1, 0.15) is 5.69 Å². The lowest BCUT2D eigenvalue weighted by Crippen LogP contribution is -2.07. The first kappa shape index (κ1) is 31.8. The van der Waals surface area contributed by atoms with Crippen LogP contribution in [0.4, 0.5) is 0 Å². The van der Waals surface area contributed by atoms with E-state index in [1.807, 2.05) is 26.8 Å². The van der Waals surface area contributed by atoms with Gasteiger partial charge < -0.3 is 24.4 Å². The van der Waals surface area contributed by atoms with Crippen LogP contribution in [0.1, 0.15) is 84.8 Å². The summed E-state index contributed by atoms with van der Waals surface area (Å²) in [6, 6.07) is 6.15. The van der Waals surface area contributed by atoms with E-state index >= 15 is 0 Å². The number of aromatic nitrogens is 4. The van der Waals surface area contributed by atoms with Gasteiger partial charge in [0.05, 0.1) is 25.4 Å². The minimum atomic E-state index is -0.334. The number of aromatic amines is 3. The third-order valence-electron chi connectivity index (χ3n) is 9.29. The van der Waals surface area contributed by atoms with Crippen LogP contribution in [0.2, 0.25) is 0 Å². The predicted molar refractivity (Wildman–Crippen MR) is 180 cm³/mol. The summed E-state index contributed by atoms with van der Waals surface area (Å²) in [4.78, 5) is 54.2. The van der Waals surface area contributed by atoms with Crippen LogP contribution in [0.25, 0.3) is 44.2 Å². The van der Waals surface area contributed by atoms with Crippen molar-refractivity contribution in [1.29, 1.82) is 0 Å². The summed E-state index contributed by atoms with van der Waals surface area (Å²) in [5.74, 6) is -0.626. The van der Waals surface area contributed by atoms with Crippen LogP contribution in [-0.2, 0) is 38.3 Å². The Balaban J connectivity index is 1.96. The molecule has 8 bridgehead atoms. The number of allylic oxidation sites excluding steroid dienone is 2. The summed E-state index contributed by atoms with van der Waals surface area (Å²) >= 11 is 0. The van der Waals surface area contributed by atoms with E-state index in [4.69, 9.17) is 14.5 Å². The van der Waals surface area contributed by atoms with Crippen LogP contribution >= 0.6 is 0 Å². The molecule has 0 aromatic carbocycles. The maximum atomic E-state index is 14.3. The average molecular weight is 611 g/mol. The summed E-state index contributed by atoms with van der Waals surface area (Å²) in [5, 5.41) is 0. The number of nitrogens with one attached hydrogen (secondary N) is 3. The number of fused-ring (bicyclic) bond motifs is 8. The zero-order valence-corrected chi connectivity index (χ0v) is 27.5. The molecule has 5 heterocycles. The second-order valence-corrected chi connectivity index (χ2v) is 11.7. The first-order valence-electron chi connectivity index (χ1n) is 15.6. The number of H-pyrrole nitrogens is 3. The fraction of sp³-hybridized carbons (Fsp3) is 0.389. The predicted octanol–water partition coefficient (Wildman–Crippen LogP) is 6.93. The molecule has 0 radical (unpaired) electrons. The molecular formula is C36H42N4O5. The van der Waals surface area contributed by atoms with E-state index in [1.165, 1.54) is 19.8 Å². The molecule has 9 nitrogen and oxygen atoms in total. The molecule has 45 heavy (non-hydrogen) atoms. The van der Waals surface area contributed by atoms with Crippen LogP contribution in [0.3, 0.4) is 0 Å². The molecule has 0 amide bonds. The smallest absolute Gasteiger partial charge is 0.305 e. The monoisotopic (exact) mass is 610 g/mol. The van der Waals surface area contributed by atoms with Crippen LogP contribution < -0.4 is 5.43 Å². The van der Waals surface area contributed by atoms with E-state index in [1.54, 1.807) is 0 Å². The number of hydrogen-bond acceptors (Lipinski definition) is 6. The SMILES string of the molecule is CCc1c(C)c2cc3[nH]c(cc4nc(c(=O)c5[nH]c(cc1[nH]2)c(C)c5CC)C(C)=C4CCC(=O)OC)c(CCC(=O)OC)c3C. The van der Waals surface area contributed by atoms with Crippen LogP contribution in [0, 0.1) is 20.8 Å². The van der Waals surface area contributed by atoms with Crippen molar-refractivity contribution in [3.63, 3.8) is 0 Å². The number of carbonyl (C=O) groups is 2. The van der Waals surface area contributed by atoms with E-state index in [0.717, 1.165) is 73.0 Å². The van der Waals surface area contributed by atoms with Gasteiger partial charge in [-0.3, -0.25) is 14.4 Å². The van der Waals surface area contributed by atoms with E-state index in [9.17, 15) is 14.4 Å². The molecule has 1 aliphatic heterocycles. The van der Waals surface area contributed by atoms with Gasteiger partial charge in [0.2, 0.25) is 5.43 Å². The number of hydrogen-bond donors (Lipinski definition) is 3. The van der Waals surface area contributed by atoms with Crippen molar-refractivity contribution < 1.29 is 19.1 Å². The lowest BCUT2D eigenvalue weighted by Gasteiger charge is -2.04. The first-order valence-corrected chi connectivity index (χ1v) is 15.6. The molecular weight excluding hydrogens is 568 g/mol. The summed E-state index contributed by atoms with van der Waals surface area (Å²) in [6.07, 6.45) is 2.73. The number of aryl methyl sites for hydroxylation is 6. The van der Waals surface area contributed by atoms with Crippen LogP contribution in [-0.4, -0.2) is 46.1 Å². The van der Waals surface area contributed by atoms with Crippen molar-refractivity contribution in [3.8, 4) is 0 Å². The van der Waals surface area contributed by atoms with Gasteiger partial charge in [-0.2, -0.15) is 0 Å². The number of nitrogens with zero attached hydrogens (tertiary/aromatic N) is 1. The van der Waals surface area contributed by atoms with Gasteiger partial charge >= 0.3 is 11.9 Å². The molecule has 3 N–H and O–H groups in total. The minimum Gasteiger partial charge on any atom is -0.469 e. The van der Waals surface area contributed by atoms with Gasteiger partial charge in [-0.05, 0) is 116 Å². The Morgan fingerprint density at radius 2 is 1.20 bits per heavy atom. The highest BCUT2D eigenvalue weighted by Gasteiger charge is 2.23. The Hall–Kier alpha value is -4.66. The standard InChI is InChI=1S/C36H42N4O5/c1-9-22-18(3)26-15-27-20(5)24(11-13-32(41)44-7)30(38-27)17-31-25(12-14-33(42)45-8)21(6)34(40-31)36(43)35-23(10-2)19(4)28(39-35)16-29(22)37-26/h15-17,37-39H,9-14H2,1-8H3. The topological polar surface area (TPSA) is 130 Å². The Bertz CT molecular complexity index is 2060. The molecule has 0 unspecified atom stereocenters. The van der Waals surface area contributed by atoms with Gasteiger partial charge in [-0.25, -0.2) is 4.98 Å². The van der Waals surface area contributed by atoms with Crippen molar-refractivity contribution in [3.05, 3.63) is 73.2 Å². The van der Waals surface area contributed by atoms with Crippen LogP contribution in [0.5, 0.6) is 0 Å². The van der Waals surface area contributed by atoms with E-state index < -0.39 is 0 Å². The van der Waals surface area contributed by atoms with Crippen molar-refractivity contribution in [2.75, 3.05) is 14.2 Å². The second-order valence-electron chi connectivity index (χ2n) is 11.7. The van der Waals surface area contributed by atoms with E-state index in [-0.39, 0.29) is 30.2 Å². The maximum Gasteiger partial charge on any atom is 0.305 e. The second kappa shape index (κ2) is 12.8. The van der Waals surface area contributed by atoms with Crippen molar-refractivity contribution in [1.82, 2.24) is 19.9 Å². The molecule has 1 aliphatic rings. The number of methoxy groups -OCH3 is 2. The number of esters is 2. The molecule has 0 atom stereocenters. The lowest BCUT2D eigenvalue weighted by atomic mass is 10.00. The van der Waals surface area contributed by atoms with Gasteiger partial charge in [0, 0.05) is 40.4 Å². The maximum absolute atomic E-state index is 14.3. The minimum absolute atomic E-state index is 0.157. The molecule has 0 aliphatic carbocycles. The third kappa shape index (κ3) is 5.79. The highest BCUT2D eigenvalue weighted by molar-refractivity contribution is 5.94. The molecule has 0 fully saturated rings. The van der Waals surface area contributed by atoms with E-state index in [0.29, 0.717) is 36.2 Å². The Labute approximate surface area is 262 Å². The van der Waals surface area contributed by atoms with Gasteiger partial charge in [0.15, 0.2) is 0 Å².